The van der Waals surface area contributed by atoms with E-state index in [2.05, 4.69) is 34.4 Å². The Hall–Kier alpha value is -1.36. The van der Waals surface area contributed by atoms with Crippen LogP contribution in [0.25, 0.3) is 0 Å². The van der Waals surface area contributed by atoms with Gasteiger partial charge in [0.25, 0.3) is 0 Å². The zero-order valence-electron chi connectivity index (χ0n) is 11.1. The van der Waals surface area contributed by atoms with Gasteiger partial charge in [0.05, 0.1) is 6.10 Å². The summed E-state index contributed by atoms with van der Waals surface area (Å²) in [6, 6.07) is 0.347. The highest BCUT2D eigenvalue weighted by Gasteiger charge is 2.28. The first-order valence-electron chi connectivity index (χ1n) is 6.76. The first-order valence-corrected chi connectivity index (χ1v) is 6.76. The molecule has 3 N–H and O–H groups in total. The third-order valence-electron chi connectivity index (χ3n) is 3.24. The van der Waals surface area contributed by atoms with Crippen molar-refractivity contribution in [3.63, 3.8) is 0 Å². The molecular weight excluding hydrogens is 228 g/mol. The molecule has 1 heterocycles. The molecule has 0 atom stereocenters. The van der Waals surface area contributed by atoms with Crippen LogP contribution >= 0.6 is 0 Å². The Kier molecular flexibility index (Phi) is 4.36. The lowest BCUT2D eigenvalue weighted by molar-refractivity contribution is 0.0835. The monoisotopic (exact) mass is 250 g/mol. The second-order valence-corrected chi connectivity index (χ2v) is 4.80. The molecule has 0 amide bonds. The highest BCUT2D eigenvalue weighted by Crippen LogP contribution is 2.27. The van der Waals surface area contributed by atoms with Crippen molar-refractivity contribution in [2.45, 2.75) is 51.7 Å². The molecule has 1 aromatic heterocycles. The highest BCUT2D eigenvalue weighted by molar-refractivity contribution is 5.58. The topological polar surface area (TPSA) is 70.1 Å². The predicted molar refractivity (Wildman–Crippen MR) is 72.8 cm³/mol. The summed E-state index contributed by atoms with van der Waals surface area (Å²) >= 11 is 0. The van der Waals surface area contributed by atoms with Crippen molar-refractivity contribution < 1.29 is 5.11 Å². The van der Waals surface area contributed by atoms with E-state index in [0.717, 1.165) is 49.4 Å². The van der Waals surface area contributed by atoms with Crippen molar-refractivity contribution >= 4 is 11.6 Å². The van der Waals surface area contributed by atoms with Crippen LogP contribution in [0.5, 0.6) is 0 Å². The number of nitrogens with zero attached hydrogens (tertiary/aromatic N) is 2. The van der Waals surface area contributed by atoms with Crippen LogP contribution in [-0.4, -0.2) is 33.8 Å². The van der Waals surface area contributed by atoms with E-state index in [1.807, 2.05) is 0 Å². The molecule has 1 saturated carbocycles. The van der Waals surface area contributed by atoms with E-state index in [1.54, 1.807) is 6.33 Å². The van der Waals surface area contributed by atoms with Crippen LogP contribution in [0.4, 0.5) is 11.6 Å². The van der Waals surface area contributed by atoms with E-state index in [4.69, 9.17) is 0 Å². The van der Waals surface area contributed by atoms with E-state index < -0.39 is 0 Å². The van der Waals surface area contributed by atoms with Crippen LogP contribution in [0, 0.1) is 0 Å². The molecule has 100 valence electrons. The lowest BCUT2D eigenvalue weighted by Gasteiger charge is -2.33. The summed E-state index contributed by atoms with van der Waals surface area (Å²) in [6.07, 6.45) is 5.09. The van der Waals surface area contributed by atoms with Gasteiger partial charge in [0.15, 0.2) is 0 Å². The van der Waals surface area contributed by atoms with Gasteiger partial charge in [-0.3, -0.25) is 0 Å². The smallest absolute Gasteiger partial charge is 0.134 e. The molecule has 1 aromatic rings. The molecule has 5 nitrogen and oxygen atoms in total. The fourth-order valence-corrected chi connectivity index (χ4v) is 2.24. The average Bonchev–Trinajstić information content (AvgIpc) is 2.31. The predicted octanol–water partition coefficient (Wildman–Crippen LogP) is 1.80. The molecule has 5 heteroatoms. The van der Waals surface area contributed by atoms with Crippen molar-refractivity contribution in [3.8, 4) is 0 Å². The molecule has 0 radical (unpaired) electrons. The number of aliphatic hydroxyl groups is 1. The van der Waals surface area contributed by atoms with Gasteiger partial charge in [-0.2, -0.15) is 0 Å². The lowest BCUT2D eigenvalue weighted by atomic mass is 9.89. The highest BCUT2D eigenvalue weighted by atomic mass is 16.3. The molecule has 0 saturated heterocycles. The summed E-state index contributed by atoms with van der Waals surface area (Å²) in [7, 11) is 0. The number of aromatic nitrogens is 2. The molecule has 1 aliphatic rings. The standard InChI is InChI=1S/C13H22N4O/c1-3-5-11-12(14-4-2)15-8-16-13(11)17-9-6-10(18)7-9/h8-10,18H,3-7H2,1-2H3,(H2,14,15,16,17). The number of nitrogens with one attached hydrogen (secondary N) is 2. The summed E-state index contributed by atoms with van der Waals surface area (Å²) in [6.45, 7) is 5.07. The normalized spacial score (nSPS) is 22.4. The minimum Gasteiger partial charge on any atom is -0.393 e. The third kappa shape index (κ3) is 2.90. The molecule has 1 aliphatic carbocycles. The van der Waals surface area contributed by atoms with Crippen LogP contribution in [0.3, 0.4) is 0 Å². The van der Waals surface area contributed by atoms with Crippen molar-refractivity contribution in [1.29, 1.82) is 0 Å². The Morgan fingerprint density at radius 1 is 1.28 bits per heavy atom. The summed E-state index contributed by atoms with van der Waals surface area (Å²) in [5.41, 5.74) is 1.16. The summed E-state index contributed by atoms with van der Waals surface area (Å²) in [5, 5.41) is 16.0. The first kappa shape index (κ1) is 13.1. The molecule has 18 heavy (non-hydrogen) atoms. The average molecular weight is 250 g/mol. The number of anilines is 2. The number of hydrogen-bond donors (Lipinski definition) is 3. The van der Waals surface area contributed by atoms with E-state index in [-0.39, 0.29) is 6.10 Å². The van der Waals surface area contributed by atoms with Gasteiger partial charge in [0.1, 0.15) is 18.0 Å². The number of rotatable bonds is 6. The zero-order valence-corrected chi connectivity index (χ0v) is 11.1. The molecule has 0 unspecified atom stereocenters. The van der Waals surface area contributed by atoms with Gasteiger partial charge in [-0.05, 0) is 26.2 Å². The van der Waals surface area contributed by atoms with Crippen molar-refractivity contribution in [3.05, 3.63) is 11.9 Å². The molecule has 2 rings (SSSR count). The van der Waals surface area contributed by atoms with E-state index >= 15 is 0 Å². The quantitative estimate of drug-likeness (QED) is 0.718. The van der Waals surface area contributed by atoms with E-state index in [0.29, 0.717) is 6.04 Å². The fraction of sp³-hybridized carbons (Fsp3) is 0.692. The SMILES string of the molecule is CCCc1c(NCC)ncnc1NC1CC(O)C1. The maximum atomic E-state index is 9.32. The Morgan fingerprint density at radius 3 is 2.61 bits per heavy atom. The van der Waals surface area contributed by atoms with E-state index in [9.17, 15) is 5.11 Å². The fourth-order valence-electron chi connectivity index (χ4n) is 2.24. The molecule has 0 bridgehead atoms. The minimum atomic E-state index is -0.146. The minimum absolute atomic E-state index is 0.146. The Bertz CT molecular complexity index is 391. The second kappa shape index (κ2) is 6.00. The van der Waals surface area contributed by atoms with Gasteiger partial charge >= 0.3 is 0 Å². The number of hydrogen-bond acceptors (Lipinski definition) is 5. The van der Waals surface area contributed by atoms with Gasteiger partial charge < -0.3 is 15.7 Å². The summed E-state index contributed by atoms with van der Waals surface area (Å²) in [5.74, 6) is 1.84. The summed E-state index contributed by atoms with van der Waals surface area (Å²) in [4.78, 5) is 8.65. The summed E-state index contributed by atoms with van der Waals surface area (Å²) < 4.78 is 0. The van der Waals surface area contributed by atoms with Crippen LogP contribution < -0.4 is 10.6 Å². The second-order valence-electron chi connectivity index (χ2n) is 4.80. The Labute approximate surface area is 108 Å². The van der Waals surface area contributed by atoms with Crippen LogP contribution in [0.15, 0.2) is 6.33 Å². The maximum Gasteiger partial charge on any atom is 0.134 e. The molecule has 1 fully saturated rings. The van der Waals surface area contributed by atoms with Gasteiger partial charge in [-0.1, -0.05) is 13.3 Å². The van der Waals surface area contributed by atoms with Crippen molar-refractivity contribution in [2.24, 2.45) is 0 Å². The molecule has 0 spiro atoms. The van der Waals surface area contributed by atoms with Gasteiger partial charge in [0, 0.05) is 18.2 Å². The van der Waals surface area contributed by atoms with Gasteiger partial charge in [0.2, 0.25) is 0 Å². The van der Waals surface area contributed by atoms with Crippen LogP contribution in [-0.2, 0) is 6.42 Å². The number of aliphatic hydroxyl groups excluding tert-OH is 1. The molecule has 0 aromatic carbocycles. The van der Waals surface area contributed by atoms with Crippen LogP contribution in [0.2, 0.25) is 0 Å². The maximum absolute atomic E-state index is 9.32. The molecular formula is C13H22N4O. The van der Waals surface area contributed by atoms with Gasteiger partial charge in [-0.15, -0.1) is 0 Å². The van der Waals surface area contributed by atoms with E-state index in [1.165, 1.54) is 0 Å². The van der Waals surface area contributed by atoms with Crippen LogP contribution in [0.1, 0.15) is 38.7 Å². The zero-order chi connectivity index (χ0) is 13.0. The van der Waals surface area contributed by atoms with Crippen molar-refractivity contribution in [1.82, 2.24) is 9.97 Å². The van der Waals surface area contributed by atoms with Gasteiger partial charge in [-0.25, -0.2) is 9.97 Å². The first-order chi connectivity index (χ1) is 8.74. The van der Waals surface area contributed by atoms with Crippen molar-refractivity contribution in [2.75, 3.05) is 17.2 Å². The third-order valence-corrected chi connectivity index (χ3v) is 3.24. The Morgan fingerprint density at radius 2 is 2.00 bits per heavy atom. The largest absolute Gasteiger partial charge is 0.393 e. The lowest BCUT2D eigenvalue weighted by Crippen LogP contribution is -2.39. The molecule has 0 aliphatic heterocycles. The Balaban J connectivity index is 2.13.